The van der Waals surface area contributed by atoms with Gasteiger partial charge in [-0.15, -0.1) is 0 Å². The summed E-state index contributed by atoms with van der Waals surface area (Å²) in [5, 5.41) is 3.05. The SMILES string of the molecule is CC1CC(CCC(C)(C)[Si](C)(C)O)(NC(=O)OC(C)(C)C)C1. The van der Waals surface area contributed by atoms with Gasteiger partial charge in [0.05, 0.1) is 0 Å². The summed E-state index contributed by atoms with van der Waals surface area (Å²) in [6, 6.07) is 0. The van der Waals surface area contributed by atoms with Crippen molar-refractivity contribution in [2.45, 2.75) is 96.5 Å². The molecule has 2 N–H and O–H groups in total. The largest absolute Gasteiger partial charge is 0.444 e. The first-order valence-electron chi connectivity index (χ1n) is 8.39. The summed E-state index contributed by atoms with van der Waals surface area (Å²) in [5.74, 6) is 0.637. The standard InChI is InChI=1S/C17H35NO3Si/c1-13-11-17(12-13,18-14(19)21-15(2,3)4)10-9-16(5,6)22(7,8)20/h13,20H,9-12H2,1-8H3,(H,18,19). The Hall–Kier alpha value is -0.553. The van der Waals surface area contributed by atoms with Gasteiger partial charge in [-0.1, -0.05) is 20.8 Å². The molecule has 0 aromatic rings. The molecule has 1 rings (SSSR count). The zero-order chi connectivity index (χ0) is 17.4. The molecule has 0 aromatic heterocycles. The quantitative estimate of drug-likeness (QED) is 0.733. The molecule has 0 aliphatic heterocycles. The van der Waals surface area contributed by atoms with E-state index in [1.54, 1.807) is 0 Å². The lowest BCUT2D eigenvalue weighted by molar-refractivity contribution is 0.0274. The highest BCUT2D eigenvalue weighted by atomic mass is 28.4. The van der Waals surface area contributed by atoms with Crippen molar-refractivity contribution in [1.82, 2.24) is 5.32 Å². The Morgan fingerprint density at radius 1 is 1.27 bits per heavy atom. The van der Waals surface area contributed by atoms with Gasteiger partial charge in [0.25, 0.3) is 0 Å². The van der Waals surface area contributed by atoms with E-state index in [0.29, 0.717) is 5.92 Å². The molecule has 1 saturated carbocycles. The molecule has 0 bridgehead atoms. The van der Waals surface area contributed by atoms with Gasteiger partial charge in [-0.05, 0) is 70.5 Å². The molecule has 0 atom stereocenters. The van der Waals surface area contributed by atoms with Crippen LogP contribution in [0.5, 0.6) is 0 Å². The molecule has 0 saturated heterocycles. The first-order chi connectivity index (χ1) is 9.66. The predicted octanol–water partition coefficient (Wildman–Crippen LogP) is 4.44. The van der Waals surface area contributed by atoms with Crippen molar-refractivity contribution in [3.63, 3.8) is 0 Å². The topological polar surface area (TPSA) is 58.6 Å². The van der Waals surface area contributed by atoms with Crippen LogP contribution < -0.4 is 5.32 Å². The van der Waals surface area contributed by atoms with Crippen molar-refractivity contribution in [3.8, 4) is 0 Å². The van der Waals surface area contributed by atoms with Gasteiger partial charge in [0.1, 0.15) is 5.60 Å². The zero-order valence-corrected chi connectivity index (χ0v) is 16.7. The molecule has 130 valence electrons. The second kappa shape index (κ2) is 6.15. The molecule has 0 spiro atoms. The van der Waals surface area contributed by atoms with Crippen molar-refractivity contribution in [2.75, 3.05) is 0 Å². The molecule has 0 radical (unpaired) electrons. The van der Waals surface area contributed by atoms with Crippen LogP contribution in [0.2, 0.25) is 18.1 Å². The van der Waals surface area contributed by atoms with Crippen molar-refractivity contribution in [1.29, 1.82) is 0 Å². The van der Waals surface area contributed by atoms with Crippen LogP contribution in [-0.2, 0) is 4.74 Å². The Morgan fingerprint density at radius 2 is 1.77 bits per heavy atom. The van der Waals surface area contributed by atoms with Gasteiger partial charge in [-0.3, -0.25) is 0 Å². The third-order valence-corrected chi connectivity index (χ3v) is 8.69. The van der Waals surface area contributed by atoms with E-state index in [1.165, 1.54) is 0 Å². The summed E-state index contributed by atoms with van der Waals surface area (Å²) < 4.78 is 5.41. The summed E-state index contributed by atoms with van der Waals surface area (Å²) in [7, 11) is -2.21. The van der Waals surface area contributed by atoms with Crippen molar-refractivity contribution < 1.29 is 14.3 Å². The molecular weight excluding hydrogens is 294 g/mol. The van der Waals surface area contributed by atoms with Crippen LogP contribution in [0.4, 0.5) is 4.79 Å². The van der Waals surface area contributed by atoms with Crippen molar-refractivity contribution in [2.24, 2.45) is 5.92 Å². The monoisotopic (exact) mass is 329 g/mol. The maximum Gasteiger partial charge on any atom is 0.408 e. The molecule has 0 aromatic carbocycles. The smallest absolute Gasteiger partial charge is 0.408 e. The molecular formula is C17H35NO3Si. The molecule has 0 heterocycles. The van der Waals surface area contributed by atoms with Crippen LogP contribution in [0.25, 0.3) is 0 Å². The lowest BCUT2D eigenvalue weighted by atomic mass is 9.66. The zero-order valence-electron chi connectivity index (χ0n) is 15.7. The van der Waals surface area contributed by atoms with Gasteiger partial charge < -0.3 is 14.8 Å². The highest BCUT2D eigenvalue weighted by Gasteiger charge is 2.46. The lowest BCUT2D eigenvalue weighted by Crippen LogP contribution is -2.58. The van der Waals surface area contributed by atoms with Gasteiger partial charge in [0, 0.05) is 5.54 Å². The van der Waals surface area contributed by atoms with Crippen LogP contribution in [0.15, 0.2) is 0 Å². The van der Waals surface area contributed by atoms with Gasteiger partial charge >= 0.3 is 6.09 Å². The molecule has 22 heavy (non-hydrogen) atoms. The Morgan fingerprint density at radius 3 is 2.14 bits per heavy atom. The molecule has 1 amide bonds. The summed E-state index contributed by atoms with van der Waals surface area (Å²) in [6.07, 6.45) is 3.50. The maximum atomic E-state index is 12.1. The minimum atomic E-state index is -2.21. The van der Waals surface area contributed by atoms with E-state index < -0.39 is 13.9 Å². The number of nitrogens with one attached hydrogen (secondary N) is 1. The Bertz CT molecular complexity index is 401. The molecule has 5 heteroatoms. The van der Waals surface area contributed by atoms with Crippen LogP contribution in [0.3, 0.4) is 0 Å². The van der Waals surface area contributed by atoms with E-state index in [9.17, 15) is 9.59 Å². The average Bonchev–Trinajstić information content (AvgIpc) is 2.19. The molecule has 1 fully saturated rings. The average molecular weight is 330 g/mol. The number of carbonyl (C=O) groups excluding carboxylic acids is 1. The Kier molecular flexibility index (Phi) is 5.45. The summed E-state index contributed by atoms with van der Waals surface area (Å²) in [6.45, 7) is 16.1. The van der Waals surface area contributed by atoms with Crippen LogP contribution in [-0.4, -0.2) is 30.3 Å². The van der Waals surface area contributed by atoms with Crippen LogP contribution >= 0.6 is 0 Å². The highest BCUT2D eigenvalue weighted by molar-refractivity contribution is 6.72. The summed E-state index contributed by atoms with van der Waals surface area (Å²) in [4.78, 5) is 22.6. The summed E-state index contributed by atoms with van der Waals surface area (Å²) in [5.41, 5.74) is -0.626. The first kappa shape index (κ1) is 19.5. The van der Waals surface area contributed by atoms with E-state index in [1.807, 2.05) is 33.9 Å². The molecule has 0 unspecified atom stereocenters. The van der Waals surface area contributed by atoms with Gasteiger partial charge in [-0.25, -0.2) is 4.79 Å². The van der Waals surface area contributed by atoms with E-state index in [0.717, 1.165) is 25.7 Å². The van der Waals surface area contributed by atoms with Crippen molar-refractivity contribution in [3.05, 3.63) is 0 Å². The predicted molar refractivity (Wildman–Crippen MR) is 93.5 cm³/mol. The minimum absolute atomic E-state index is 0.0611. The second-order valence-electron chi connectivity index (χ2n) is 9.36. The van der Waals surface area contributed by atoms with E-state index >= 15 is 0 Å². The number of hydrogen-bond acceptors (Lipinski definition) is 3. The third-order valence-electron chi connectivity index (χ3n) is 5.13. The van der Waals surface area contributed by atoms with E-state index in [4.69, 9.17) is 4.74 Å². The second-order valence-corrected chi connectivity index (χ2v) is 13.8. The number of carbonyl (C=O) groups is 1. The maximum absolute atomic E-state index is 12.1. The Labute approximate surface area is 137 Å². The molecule has 4 nitrogen and oxygen atoms in total. The van der Waals surface area contributed by atoms with Crippen LogP contribution in [0, 0.1) is 5.92 Å². The van der Waals surface area contributed by atoms with E-state index in [-0.39, 0.29) is 16.7 Å². The first-order valence-corrected chi connectivity index (χ1v) is 11.3. The fourth-order valence-electron chi connectivity index (χ4n) is 3.02. The summed E-state index contributed by atoms with van der Waals surface area (Å²) >= 11 is 0. The van der Waals surface area contributed by atoms with Crippen LogP contribution in [0.1, 0.15) is 67.2 Å². The Balaban J connectivity index is 2.67. The highest BCUT2D eigenvalue weighted by Crippen LogP contribution is 2.47. The van der Waals surface area contributed by atoms with Gasteiger partial charge in [0.15, 0.2) is 8.32 Å². The van der Waals surface area contributed by atoms with Crippen molar-refractivity contribution >= 4 is 14.4 Å². The normalized spacial score (nSPS) is 26.3. The minimum Gasteiger partial charge on any atom is -0.444 e. The number of alkyl carbamates (subject to hydrolysis) is 1. The lowest BCUT2D eigenvalue weighted by Gasteiger charge is -2.49. The number of rotatable bonds is 5. The molecule has 1 aliphatic carbocycles. The van der Waals surface area contributed by atoms with Gasteiger partial charge in [-0.2, -0.15) is 0 Å². The van der Waals surface area contributed by atoms with Gasteiger partial charge in [0.2, 0.25) is 0 Å². The van der Waals surface area contributed by atoms with E-state index in [2.05, 4.69) is 26.1 Å². The fourth-order valence-corrected chi connectivity index (χ4v) is 3.76. The fraction of sp³-hybridized carbons (Fsp3) is 0.941. The third kappa shape index (κ3) is 5.27. The number of hydrogen-bond donors (Lipinski definition) is 2. The number of amides is 1. The molecule has 1 aliphatic rings. The number of ether oxygens (including phenoxy) is 1.